The Hall–Kier alpha value is -2.47. The number of H-pyrrole nitrogens is 1. The number of aromatic nitrogens is 2. The van der Waals surface area contributed by atoms with Crippen molar-refractivity contribution in [2.75, 3.05) is 43.5 Å². The number of fused-ring (bicyclic) bond motifs is 3. The normalized spacial score (nSPS) is 14.8. The molecule has 0 amide bonds. The molecule has 1 fully saturated rings. The van der Waals surface area contributed by atoms with Crippen LogP contribution in [0.3, 0.4) is 0 Å². The molecule has 2 aromatic carbocycles. The van der Waals surface area contributed by atoms with Crippen molar-refractivity contribution in [3.8, 4) is 0 Å². The van der Waals surface area contributed by atoms with E-state index in [1.54, 1.807) is 6.20 Å². The summed E-state index contributed by atoms with van der Waals surface area (Å²) in [6, 6.07) is 10.4. The number of nitrogens with zero attached hydrogens (tertiary/aromatic N) is 2. The highest BCUT2D eigenvalue weighted by atomic mass is 127. The Balaban J connectivity index is 1.53. The lowest BCUT2D eigenvalue weighted by Gasteiger charge is -2.41. The van der Waals surface area contributed by atoms with Gasteiger partial charge in [-0.15, -0.1) is 0 Å². The Kier molecular flexibility index (Phi) is 7.58. The molecular formula is C27H28ClFIN5O2. The summed E-state index contributed by atoms with van der Waals surface area (Å²) in [5, 5.41) is 9.01. The fraction of sp³-hybridized carbons (Fsp3) is 0.333. The second-order valence-electron chi connectivity index (χ2n) is 9.73. The molecule has 3 N–H and O–H groups in total. The summed E-state index contributed by atoms with van der Waals surface area (Å²) in [7, 11) is 0. The fourth-order valence-electron chi connectivity index (χ4n) is 4.75. The first-order chi connectivity index (χ1) is 17.8. The largest absolute Gasteiger partial charge is 0.383 e. The quantitative estimate of drug-likeness (QED) is 0.130. The van der Waals surface area contributed by atoms with Crippen LogP contribution < -0.4 is 16.2 Å². The molecule has 0 bridgehead atoms. The van der Waals surface area contributed by atoms with Gasteiger partial charge in [0.15, 0.2) is 0 Å². The number of nitrogens with one attached hydrogen (secondary N) is 3. The topological polar surface area (TPSA) is 82.3 Å². The first-order valence-corrected chi connectivity index (χ1v) is 14.0. The number of hydrogen-bond donors (Lipinski definition) is 3. The van der Waals surface area contributed by atoms with Gasteiger partial charge in [-0.25, -0.2) is 9.37 Å². The lowest BCUT2D eigenvalue weighted by molar-refractivity contribution is -0.00568. The molecule has 0 saturated carbocycles. The van der Waals surface area contributed by atoms with E-state index in [9.17, 15) is 9.18 Å². The van der Waals surface area contributed by atoms with Crippen LogP contribution in [0.2, 0.25) is 5.02 Å². The molecule has 0 unspecified atom stereocenters. The number of halogens is 3. The monoisotopic (exact) mass is 635 g/mol. The fourth-order valence-corrected chi connectivity index (χ4v) is 5.63. The molecule has 37 heavy (non-hydrogen) atoms. The van der Waals surface area contributed by atoms with Gasteiger partial charge in [-0.1, -0.05) is 34.2 Å². The molecule has 0 radical (unpaired) electrons. The zero-order chi connectivity index (χ0) is 26.2. The van der Waals surface area contributed by atoms with E-state index in [0.29, 0.717) is 37.8 Å². The Morgan fingerprint density at radius 3 is 2.73 bits per heavy atom. The molecule has 2 aromatic heterocycles. The summed E-state index contributed by atoms with van der Waals surface area (Å²) in [4.78, 5) is 23.1. The molecule has 1 aliphatic rings. The number of ether oxygens (including phenoxy) is 1. The van der Waals surface area contributed by atoms with Gasteiger partial charge in [0.05, 0.1) is 34.8 Å². The van der Waals surface area contributed by atoms with Crippen molar-refractivity contribution in [3.05, 3.63) is 69.4 Å². The third kappa shape index (κ3) is 5.41. The van der Waals surface area contributed by atoms with Crippen molar-refractivity contribution < 1.29 is 9.13 Å². The maximum atomic E-state index is 13.9. The molecule has 0 aliphatic carbocycles. The molecule has 1 saturated heterocycles. The standard InChI is InChI=1S/C27H28ClFIN5O2/c1-27(2,35-7-9-37-10-8-35)15-32-18-3-4-22-20(13-18)23-19(5-6-31-26(23)36)25(33-22)34-24-16(14-30)11-17(29)12-21(24)28/h3-6,11-13,32H,7-10,14-15H2,1-2H3,(H,31,36)(H,33,34). The van der Waals surface area contributed by atoms with E-state index in [2.05, 4.69) is 57.0 Å². The molecular weight excluding hydrogens is 608 g/mol. The van der Waals surface area contributed by atoms with Gasteiger partial charge in [0.25, 0.3) is 5.56 Å². The number of aromatic amines is 1. The van der Waals surface area contributed by atoms with Crippen LogP contribution in [0.15, 0.2) is 47.4 Å². The van der Waals surface area contributed by atoms with Gasteiger partial charge >= 0.3 is 0 Å². The summed E-state index contributed by atoms with van der Waals surface area (Å²) < 4.78 is 20.0. The van der Waals surface area contributed by atoms with Crippen molar-refractivity contribution in [1.82, 2.24) is 14.9 Å². The molecule has 3 heterocycles. The SMILES string of the molecule is CC(C)(CNc1ccc2nc(Nc3c(Cl)cc(F)cc3CI)c3cc[nH]c(=O)c3c2c1)N1CCOCC1. The van der Waals surface area contributed by atoms with Crippen LogP contribution >= 0.6 is 34.2 Å². The number of hydrogen-bond acceptors (Lipinski definition) is 6. The highest BCUT2D eigenvalue weighted by Gasteiger charge is 2.28. The van der Waals surface area contributed by atoms with Crippen LogP contribution in [0.25, 0.3) is 21.7 Å². The first-order valence-electron chi connectivity index (χ1n) is 12.1. The van der Waals surface area contributed by atoms with Crippen molar-refractivity contribution in [3.63, 3.8) is 0 Å². The molecule has 0 atom stereocenters. The number of benzene rings is 2. The lowest BCUT2D eigenvalue weighted by atomic mass is 10.0. The van der Waals surface area contributed by atoms with Crippen LogP contribution in [0.4, 0.5) is 21.6 Å². The molecule has 4 aromatic rings. The highest BCUT2D eigenvalue weighted by Crippen LogP contribution is 2.35. The minimum atomic E-state index is -0.396. The van der Waals surface area contributed by atoms with E-state index in [1.165, 1.54) is 12.1 Å². The van der Waals surface area contributed by atoms with Crippen molar-refractivity contribution in [2.45, 2.75) is 23.8 Å². The second-order valence-corrected chi connectivity index (χ2v) is 10.9. The van der Waals surface area contributed by atoms with E-state index < -0.39 is 5.82 Å². The van der Waals surface area contributed by atoms with E-state index in [0.717, 1.165) is 43.9 Å². The first kappa shape index (κ1) is 26.1. The summed E-state index contributed by atoms with van der Waals surface area (Å²) in [6.45, 7) is 8.49. The zero-order valence-electron chi connectivity index (χ0n) is 20.6. The smallest absolute Gasteiger partial charge is 0.256 e. The molecule has 10 heteroatoms. The van der Waals surface area contributed by atoms with Gasteiger partial charge in [0, 0.05) is 52.3 Å². The summed E-state index contributed by atoms with van der Waals surface area (Å²) in [6.07, 6.45) is 1.60. The minimum absolute atomic E-state index is 0.0604. The lowest BCUT2D eigenvalue weighted by Crippen LogP contribution is -2.53. The molecule has 5 rings (SSSR count). The van der Waals surface area contributed by atoms with Gasteiger partial charge in [-0.05, 0) is 55.8 Å². The summed E-state index contributed by atoms with van der Waals surface area (Å²) in [5.41, 5.74) is 2.60. The number of morpholine rings is 1. The van der Waals surface area contributed by atoms with Gasteiger partial charge < -0.3 is 20.4 Å². The maximum Gasteiger partial charge on any atom is 0.256 e. The van der Waals surface area contributed by atoms with Gasteiger partial charge in [0.2, 0.25) is 0 Å². The summed E-state index contributed by atoms with van der Waals surface area (Å²) >= 11 is 8.56. The Morgan fingerprint density at radius 1 is 1.19 bits per heavy atom. The number of alkyl halides is 1. The molecule has 7 nitrogen and oxygen atoms in total. The second kappa shape index (κ2) is 10.7. The third-order valence-corrected chi connectivity index (χ3v) is 7.95. The van der Waals surface area contributed by atoms with E-state index in [4.69, 9.17) is 21.3 Å². The maximum absolute atomic E-state index is 13.9. The predicted octanol–water partition coefficient (Wildman–Crippen LogP) is 6.07. The molecule has 0 spiro atoms. The van der Waals surface area contributed by atoms with E-state index in [-0.39, 0.29) is 16.1 Å². The molecule has 194 valence electrons. The van der Waals surface area contributed by atoms with E-state index >= 15 is 0 Å². The van der Waals surface area contributed by atoms with Crippen LogP contribution in [-0.2, 0) is 9.16 Å². The van der Waals surface area contributed by atoms with Crippen molar-refractivity contribution in [2.24, 2.45) is 0 Å². The van der Waals surface area contributed by atoms with Crippen LogP contribution in [0, 0.1) is 5.82 Å². The summed E-state index contributed by atoms with van der Waals surface area (Å²) in [5.74, 6) is 0.0918. The van der Waals surface area contributed by atoms with E-state index in [1.807, 2.05) is 24.3 Å². The molecule has 1 aliphatic heterocycles. The van der Waals surface area contributed by atoms with Gasteiger partial charge in [0.1, 0.15) is 11.6 Å². The van der Waals surface area contributed by atoms with Crippen molar-refractivity contribution in [1.29, 1.82) is 0 Å². The number of pyridine rings is 2. The Labute approximate surface area is 232 Å². The van der Waals surface area contributed by atoms with Crippen LogP contribution in [0.5, 0.6) is 0 Å². The third-order valence-electron chi connectivity index (χ3n) is 6.83. The Bertz CT molecular complexity index is 1520. The highest BCUT2D eigenvalue weighted by molar-refractivity contribution is 14.1. The minimum Gasteiger partial charge on any atom is -0.383 e. The average molecular weight is 636 g/mol. The van der Waals surface area contributed by atoms with Gasteiger partial charge in [-0.2, -0.15) is 0 Å². The van der Waals surface area contributed by atoms with Crippen LogP contribution in [-0.4, -0.2) is 53.3 Å². The predicted molar refractivity (Wildman–Crippen MR) is 157 cm³/mol. The Morgan fingerprint density at radius 2 is 1.97 bits per heavy atom. The number of rotatable bonds is 7. The average Bonchev–Trinajstić information content (AvgIpc) is 2.89. The van der Waals surface area contributed by atoms with Crippen molar-refractivity contribution >= 4 is 73.1 Å². The van der Waals surface area contributed by atoms with Crippen LogP contribution in [0.1, 0.15) is 19.4 Å². The zero-order valence-corrected chi connectivity index (χ0v) is 23.5. The van der Waals surface area contributed by atoms with Gasteiger partial charge in [-0.3, -0.25) is 9.69 Å². The number of anilines is 3.